The molecule has 1 N–H and O–H groups in total. The molecule has 0 saturated carbocycles. The standard InChI is InChI=1S/C32H32BrN3O4S/c1-2-40-30-18-13-26(33)23-29(30)32(37)34-27-14-16-28(17-15-27)41(38,39)36-21-19-35(20-22-36)31(24-9-5-3-6-10-24)25-11-7-4-8-12-25/h3-18,23,31H,2,19-22H2,1H3,(H,34,37). The number of benzene rings is 4. The number of piperazine rings is 1. The van der Waals surface area contributed by atoms with Crippen LogP contribution in [0.1, 0.15) is 34.5 Å². The summed E-state index contributed by atoms with van der Waals surface area (Å²) >= 11 is 3.40. The lowest BCUT2D eigenvalue weighted by Crippen LogP contribution is -2.49. The zero-order valence-electron chi connectivity index (χ0n) is 22.7. The first kappa shape index (κ1) is 29.0. The van der Waals surface area contributed by atoms with E-state index in [0.717, 1.165) is 4.47 Å². The Bertz CT molecular complexity index is 1540. The van der Waals surface area contributed by atoms with E-state index < -0.39 is 10.0 Å². The van der Waals surface area contributed by atoms with Crippen LogP contribution in [0.15, 0.2) is 112 Å². The van der Waals surface area contributed by atoms with Crippen LogP contribution in [0.5, 0.6) is 5.75 Å². The van der Waals surface area contributed by atoms with Crippen molar-refractivity contribution in [3.63, 3.8) is 0 Å². The first-order valence-electron chi connectivity index (χ1n) is 13.5. The van der Waals surface area contributed by atoms with Crippen LogP contribution >= 0.6 is 15.9 Å². The van der Waals surface area contributed by atoms with Gasteiger partial charge in [0.2, 0.25) is 10.0 Å². The summed E-state index contributed by atoms with van der Waals surface area (Å²) in [5.74, 6) is 0.140. The molecule has 1 amide bonds. The molecule has 212 valence electrons. The molecule has 0 bridgehead atoms. The molecule has 1 aliphatic heterocycles. The maximum absolute atomic E-state index is 13.5. The summed E-state index contributed by atoms with van der Waals surface area (Å²) in [6.45, 7) is 4.28. The fourth-order valence-electron chi connectivity index (χ4n) is 5.11. The van der Waals surface area contributed by atoms with Gasteiger partial charge < -0.3 is 10.1 Å². The Hall–Kier alpha value is -3.50. The number of ether oxygens (including phenoxy) is 1. The first-order chi connectivity index (χ1) is 19.9. The largest absolute Gasteiger partial charge is 0.493 e. The number of rotatable bonds is 9. The van der Waals surface area contributed by atoms with Crippen molar-refractivity contribution in [3.05, 3.63) is 124 Å². The van der Waals surface area contributed by atoms with Crippen molar-refractivity contribution in [2.45, 2.75) is 17.9 Å². The zero-order chi connectivity index (χ0) is 28.8. The smallest absolute Gasteiger partial charge is 0.259 e. The molecule has 5 rings (SSSR count). The van der Waals surface area contributed by atoms with Gasteiger partial charge in [-0.05, 0) is 60.5 Å². The minimum Gasteiger partial charge on any atom is -0.493 e. The van der Waals surface area contributed by atoms with Crippen LogP contribution < -0.4 is 10.1 Å². The number of anilines is 1. The van der Waals surface area contributed by atoms with Crippen LogP contribution in [0, 0.1) is 0 Å². The average Bonchev–Trinajstić information content (AvgIpc) is 3.00. The molecule has 0 unspecified atom stereocenters. The van der Waals surface area contributed by atoms with Crippen molar-refractivity contribution in [2.24, 2.45) is 0 Å². The van der Waals surface area contributed by atoms with E-state index in [1.807, 2.05) is 49.4 Å². The molecule has 0 atom stereocenters. The SMILES string of the molecule is CCOc1ccc(Br)cc1C(=O)Nc1ccc(S(=O)(=O)N2CCN(C(c3ccccc3)c3ccccc3)CC2)cc1. The third-order valence-corrected chi connectivity index (χ3v) is 9.51. The Morgan fingerprint density at radius 1 is 0.854 bits per heavy atom. The van der Waals surface area contributed by atoms with E-state index in [2.05, 4.69) is 50.4 Å². The minimum atomic E-state index is -3.69. The summed E-state index contributed by atoms with van der Waals surface area (Å²) in [6, 6.07) is 32.2. The Balaban J connectivity index is 1.26. The molecule has 0 spiro atoms. The van der Waals surface area contributed by atoms with Crippen molar-refractivity contribution in [2.75, 3.05) is 38.1 Å². The van der Waals surface area contributed by atoms with E-state index in [-0.39, 0.29) is 16.8 Å². The fraction of sp³-hybridized carbons (Fsp3) is 0.219. The predicted molar refractivity (Wildman–Crippen MR) is 165 cm³/mol. The number of hydrogen-bond donors (Lipinski definition) is 1. The zero-order valence-corrected chi connectivity index (χ0v) is 25.1. The molecule has 4 aromatic carbocycles. The van der Waals surface area contributed by atoms with E-state index in [4.69, 9.17) is 4.74 Å². The van der Waals surface area contributed by atoms with Crippen LogP contribution in [0.25, 0.3) is 0 Å². The molecule has 0 aliphatic carbocycles. The molecule has 1 saturated heterocycles. The molecule has 1 heterocycles. The molecular formula is C32H32BrN3O4S. The van der Waals surface area contributed by atoms with Gasteiger partial charge in [0, 0.05) is 36.3 Å². The third kappa shape index (κ3) is 6.70. The molecule has 4 aromatic rings. The first-order valence-corrected chi connectivity index (χ1v) is 15.8. The number of carbonyl (C=O) groups is 1. The van der Waals surface area contributed by atoms with Crippen LogP contribution in [0.2, 0.25) is 0 Å². The highest BCUT2D eigenvalue weighted by atomic mass is 79.9. The van der Waals surface area contributed by atoms with Crippen molar-refractivity contribution < 1.29 is 17.9 Å². The Kier molecular flexibility index (Phi) is 9.19. The Labute approximate surface area is 249 Å². The lowest BCUT2D eigenvalue weighted by atomic mass is 9.96. The van der Waals surface area contributed by atoms with Crippen molar-refractivity contribution >= 4 is 37.5 Å². The summed E-state index contributed by atoms with van der Waals surface area (Å²) in [7, 11) is -3.69. The van der Waals surface area contributed by atoms with Crippen LogP contribution in [0.3, 0.4) is 0 Å². The van der Waals surface area contributed by atoms with Gasteiger partial charge in [-0.25, -0.2) is 8.42 Å². The predicted octanol–water partition coefficient (Wildman–Crippen LogP) is 6.20. The number of carbonyl (C=O) groups excluding carboxylic acids is 1. The summed E-state index contributed by atoms with van der Waals surface area (Å²) in [5.41, 5.74) is 3.25. The minimum absolute atomic E-state index is 0.0543. The highest BCUT2D eigenvalue weighted by molar-refractivity contribution is 9.10. The molecule has 7 nitrogen and oxygen atoms in total. The molecule has 1 fully saturated rings. The summed E-state index contributed by atoms with van der Waals surface area (Å²) in [4.78, 5) is 15.5. The number of nitrogens with one attached hydrogen (secondary N) is 1. The number of halogens is 1. The average molecular weight is 635 g/mol. The second kappa shape index (κ2) is 13.0. The van der Waals surface area contributed by atoms with E-state index in [1.54, 1.807) is 40.7 Å². The van der Waals surface area contributed by atoms with E-state index in [1.165, 1.54) is 11.1 Å². The van der Waals surface area contributed by atoms with Gasteiger partial charge in [-0.1, -0.05) is 76.6 Å². The fourth-order valence-corrected chi connectivity index (χ4v) is 6.89. The van der Waals surface area contributed by atoms with Crippen molar-refractivity contribution in [1.29, 1.82) is 0 Å². The summed E-state index contributed by atoms with van der Waals surface area (Å²) < 4.78 is 34.9. The van der Waals surface area contributed by atoms with Gasteiger partial charge in [0.15, 0.2) is 0 Å². The van der Waals surface area contributed by atoms with Gasteiger partial charge in [0.05, 0.1) is 23.1 Å². The van der Waals surface area contributed by atoms with Crippen LogP contribution in [0.4, 0.5) is 5.69 Å². The highest BCUT2D eigenvalue weighted by Gasteiger charge is 2.32. The normalized spacial score (nSPS) is 14.6. The van der Waals surface area contributed by atoms with E-state index in [9.17, 15) is 13.2 Å². The topological polar surface area (TPSA) is 78.9 Å². The van der Waals surface area contributed by atoms with Gasteiger partial charge in [0.25, 0.3) is 5.91 Å². The number of sulfonamides is 1. The monoisotopic (exact) mass is 633 g/mol. The Morgan fingerprint density at radius 3 is 2.00 bits per heavy atom. The third-order valence-electron chi connectivity index (χ3n) is 7.11. The highest BCUT2D eigenvalue weighted by Crippen LogP contribution is 2.31. The maximum Gasteiger partial charge on any atom is 0.259 e. The van der Waals surface area contributed by atoms with E-state index >= 15 is 0 Å². The van der Waals surface area contributed by atoms with Gasteiger partial charge in [-0.3, -0.25) is 9.69 Å². The Morgan fingerprint density at radius 2 is 1.44 bits per heavy atom. The summed E-state index contributed by atoms with van der Waals surface area (Å²) in [6.07, 6.45) is 0. The van der Waals surface area contributed by atoms with Crippen molar-refractivity contribution in [1.82, 2.24) is 9.21 Å². The quantitative estimate of drug-likeness (QED) is 0.238. The lowest BCUT2D eigenvalue weighted by Gasteiger charge is -2.39. The molecule has 41 heavy (non-hydrogen) atoms. The molecular weight excluding hydrogens is 602 g/mol. The van der Waals surface area contributed by atoms with Gasteiger partial charge in [0.1, 0.15) is 5.75 Å². The molecule has 0 radical (unpaired) electrons. The van der Waals surface area contributed by atoms with E-state index in [0.29, 0.717) is 49.8 Å². The maximum atomic E-state index is 13.5. The summed E-state index contributed by atoms with van der Waals surface area (Å²) in [5, 5.41) is 2.84. The van der Waals surface area contributed by atoms with Crippen LogP contribution in [-0.4, -0.2) is 56.3 Å². The van der Waals surface area contributed by atoms with Gasteiger partial charge in [-0.15, -0.1) is 0 Å². The number of amides is 1. The molecule has 1 aliphatic rings. The number of nitrogens with zero attached hydrogens (tertiary/aromatic N) is 2. The van der Waals surface area contributed by atoms with Gasteiger partial charge >= 0.3 is 0 Å². The number of hydrogen-bond acceptors (Lipinski definition) is 5. The second-order valence-corrected chi connectivity index (χ2v) is 12.6. The molecule has 0 aromatic heterocycles. The molecule has 9 heteroatoms. The van der Waals surface area contributed by atoms with Crippen LogP contribution in [-0.2, 0) is 10.0 Å². The second-order valence-electron chi connectivity index (χ2n) is 9.72. The van der Waals surface area contributed by atoms with Crippen molar-refractivity contribution in [3.8, 4) is 5.75 Å². The lowest BCUT2D eigenvalue weighted by molar-refractivity contribution is 0.102. The van der Waals surface area contributed by atoms with Gasteiger partial charge in [-0.2, -0.15) is 4.31 Å².